The second-order valence-corrected chi connectivity index (χ2v) is 6.85. The second-order valence-electron chi connectivity index (χ2n) is 6.85. The van der Waals surface area contributed by atoms with Crippen molar-refractivity contribution in [2.24, 2.45) is 0 Å². The lowest BCUT2D eigenvalue weighted by Gasteiger charge is -2.28. The minimum Gasteiger partial charge on any atom is -0.350 e. The van der Waals surface area contributed by atoms with Crippen LogP contribution >= 0.6 is 0 Å². The Kier molecular flexibility index (Phi) is 5.76. The number of nitrogens with zero attached hydrogens (tertiary/aromatic N) is 3. The molecule has 1 atom stereocenters. The number of amides is 1. The van der Waals surface area contributed by atoms with Crippen molar-refractivity contribution >= 4 is 5.91 Å². The molecule has 1 aromatic heterocycles. The van der Waals surface area contributed by atoms with Gasteiger partial charge >= 0.3 is 0 Å². The molecule has 0 bridgehead atoms. The van der Waals surface area contributed by atoms with Crippen LogP contribution in [-0.2, 0) is 6.42 Å². The van der Waals surface area contributed by atoms with Crippen LogP contribution in [0.3, 0.4) is 0 Å². The SMILES string of the molecule is Cc1cc(C(=O)NCCc2ccccc2)nc([C@@H]2CCCN(C)C2)n1. The van der Waals surface area contributed by atoms with Gasteiger partial charge in [0.1, 0.15) is 11.5 Å². The fraction of sp³-hybridized carbons (Fsp3) is 0.450. The maximum Gasteiger partial charge on any atom is 0.270 e. The summed E-state index contributed by atoms with van der Waals surface area (Å²) >= 11 is 0. The van der Waals surface area contributed by atoms with E-state index in [1.807, 2.05) is 25.1 Å². The Hall–Kier alpha value is -2.27. The largest absolute Gasteiger partial charge is 0.350 e. The predicted molar refractivity (Wildman–Crippen MR) is 98.7 cm³/mol. The molecule has 1 aliphatic rings. The van der Waals surface area contributed by atoms with Crippen molar-refractivity contribution in [3.05, 3.63) is 59.2 Å². The van der Waals surface area contributed by atoms with Crippen LogP contribution < -0.4 is 5.32 Å². The van der Waals surface area contributed by atoms with Crippen molar-refractivity contribution in [2.75, 3.05) is 26.7 Å². The molecule has 5 nitrogen and oxygen atoms in total. The number of likely N-dealkylation sites (tertiary alicyclic amines) is 1. The van der Waals surface area contributed by atoms with Crippen molar-refractivity contribution in [3.8, 4) is 0 Å². The highest BCUT2D eigenvalue weighted by atomic mass is 16.1. The van der Waals surface area contributed by atoms with Gasteiger partial charge in [-0.25, -0.2) is 9.97 Å². The number of likely N-dealkylation sites (N-methyl/N-ethyl adjacent to an activating group) is 1. The van der Waals surface area contributed by atoms with E-state index < -0.39 is 0 Å². The lowest BCUT2D eigenvalue weighted by molar-refractivity contribution is 0.0948. The molecular formula is C20H26N4O. The third-order valence-corrected chi connectivity index (χ3v) is 4.64. The second kappa shape index (κ2) is 8.21. The average Bonchev–Trinajstić information content (AvgIpc) is 2.62. The highest BCUT2D eigenvalue weighted by molar-refractivity contribution is 5.92. The van der Waals surface area contributed by atoms with E-state index in [4.69, 9.17) is 0 Å². The Bertz CT molecular complexity index is 717. The summed E-state index contributed by atoms with van der Waals surface area (Å²) in [6.07, 6.45) is 3.05. The van der Waals surface area contributed by atoms with Gasteiger partial charge in [0.05, 0.1) is 0 Å². The number of rotatable bonds is 5. The fourth-order valence-electron chi connectivity index (χ4n) is 3.32. The maximum absolute atomic E-state index is 12.5. The summed E-state index contributed by atoms with van der Waals surface area (Å²) in [5, 5.41) is 2.97. The van der Waals surface area contributed by atoms with Crippen LogP contribution in [0.1, 0.15) is 46.3 Å². The summed E-state index contributed by atoms with van der Waals surface area (Å²) in [5.41, 5.74) is 2.54. The Morgan fingerprint density at radius 1 is 1.28 bits per heavy atom. The molecule has 1 saturated heterocycles. The van der Waals surface area contributed by atoms with Gasteiger partial charge < -0.3 is 10.2 Å². The number of carbonyl (C=O) groups excluding carboxylic acids is 1. The molecule has 0 unspecified atom stereocenters. The van der Waals surface area contributed by atoms with Gasteiger partial charge in [0.15, 0.2) is 0 Å². The van der Waals surface area contributed by atoms with Crippen LogP contribution in [0.25, 0.3) is 0 Å². The molecule has 1 amide bonds. The van der Waals surface area contributed by atoms with Crippen molar-refractivity contribution in [1.29, 1.82) is 0 Å². The van der Waals surface area contributed by atoms with E-state index in [-0.39, 0.29) is 5.91 Å². The van der Waals surface area contributed by atoms with E-state index in [1.165, 1.54) is 5.56 Å². The number of aromatic nitrogens is 2. The highest BCUT2D eigenvalue weighted by Crippen LogP contribution is 2.23. The molecule has 1 fully saturated rings. The first-order valence-corrected chi connectivity index (χ1v) is 8.98. The van der Waals surface area contributed by atoms with Crippen LogP contribution in [-0.4, -0.2) is 47.5 Å². The smallest absolute Gasteiger partial charge is 0.270 e. The van der Waals surface area contributed by atoms with Crippen LogP contribution in [0, 0.1) is 6.92 Å². The van der Waals surface area contributed by atoms with E-state index in [2.05, 4.69) is 39.4 Å². The zero-order valence-electron chi connectivity index (χ0n) is 15.0. The highest BCUT2D eigenvalue weighted by Gasteiger charge is 2.22. The number of carbonyl (C=O) groups is 1. The van der Waals surface area contributed by atoms with E-state index in [1.54, 1.807) is 6.07 Å². The van der Waals surface area contributed by atoms with Crippen molar-refractivity contribution in [2.45, 2.75) is 32.1 Å². The molecule has 25 heavy (non-hydrogen) atoms. The lowest BCUT2D eigenvalue weighted by atomic mass is 9.97. The zero-order valence-corrected chi connectivity index (χ0v) is 15.0. The van der Waals surface area contributed by atoms with Crippen molar-refractivity contribution < 1.29 is 4.79 Å². The third-order valence-electron chi connectivity index (χ3n) is 4.64. The molecule has 1 aromatic carbocycles. The molecule has 2 heterocycles. The summed E-state index contributed by atoms with van der Waals surface area (Å²) in [7, 11) is 2.12. The van der Waals surface area contributed by atoms with E-state index in [9.17, 15) is 4.79 Å². The minimum absolute atomic E-state index is 0.119. The van der Waals surface area contributed by atoms with Gasteiger partial charge in [0, 0.05) is 24.7 Å². The molecule has 1 N–H and O–H groups in total. The molecule has 0 aliphatic carbocycles. The standard InChI is InChI=1S/C20H26N4O/c1-15-13-18(20(25)21-11-10-16-7-4-3-5-8-16)23-19(22-15)17-9-6-12-24(2)14-17/h3-5,7-8,13,17H,6,9-12,14H2,1-2H3,(H,21,25)/t17-/m1/s1. The number of aryl methyl sites for hydroxylation is 1. The van der Waals surface area contributed by atoms with Crippen LogP contribution in [0.15, 0.2) is 36.4 Å². The normalized spacial score (nSPS) is 18.1. The predicted octanol–water partition coefficient (Wildman–Crippen LogP) is 2.57. The first kappa shape index (κ1) is 17.5. The third kappa shape index (κ3) is 4.86. The molecule has 5 heteroatoms. The fourth-order valence-corrected chi connectivity index (χ4v) is 3.32. The Balaban J connectivity index is 1.63. The quantitative estimate of drug-likeness (QED) is 0.910. The number of benzene rings is 1. The van der Waals surface area contributed by atoms with Crippen molar-refractivity contribution in [1.82, 2.24) is 20.2 Å². The maximum atomic E-state index is 12.5. The van der Waals surface area contributed by atoms with E-state index in [0.717, 1.165) is 43.9 Å². The van der Waals surface area contributed by atoms with Crippen LogP contribution in [0.4, 0.5) is 0 Å². The molecule has 2 aromatic rings. The first-order valence-electron chi connectivity index (χ1n) is 8.98. The molecule has 1 aliphatic heterocycles. The van der Waals surface area contributed by atoms with Crippen LogP contribution in [0.5, 0.6) is 0 Å². The van der Waals surface area contributed by atoms with Gasteiger partial charge in [-0.3, -0.25) is 4.79 Å². The van der Waals surface area contributed by atoms with E-state index in [0.29, 0.717) is 18.2 Å². The van der Waals surface area contributed by atoms with Gasteiger partial charge in [-0.15, -0.1) is 0 Å². The molecule has 0 spiro atoms. The summed E-state index contributed by atoms with van der Waals surface area (Å²) < 4.78 is 0. The number of hydrogen-bond acceptors (Lipinski definition) is 4. The topological polar surface area (TPSA) is 58.1 Å². The molecule has 0 saturated carbocycles. The van der Waals surface area contributed by atoms with Crippen LogP contribution in [0.2, 0.25) is 0 Å². The summed E-state index contributed by atoms with van der Waals surface area (Å²) in [6.45, 7) is 4.61. The lowest BCUT2D eigenvalue weighted by Crippen LogP contribution is -2.32. The number of nitrogens with one attached hydrogen (secondary N) is 1. The molecule has 3 rings (SSSR count). The molecule has 0 radical (unpaired) electrons. The van der Waals surface area contributed by atoms with E-state index >= 15 is 0 Å². The Morgan fingerprint density at radius 3 is 2.84 bits per heavy atom. The molecular weight excluding hydrogens is 312 g/mol. The zero-order chi connectivity index (χ0) is 17.6. The molecule has 132 valence electrons. The summed E-state index contributed by atoms with van der Waals surface area (Å²) in [6, 6.07) is 11.9. The minimum atomic E-state index is -0.119. The number of hydrogen-bond donors (Lipinski definition) is 1. The van der Waals surface area contributed by atoms with Gasteiger partial charge in [-0.05, 0) is 51.4 Å². The Labute approximate surface area is 149 Å². The van der Waals surface area contributed by atoms with Gasteiger partial charge in [0.2, 0.25) is 0 Å². The van der Waals surface area contributed by atoms with Gasteiger partial charge in [0.25, 0.3) is 5.91 Å². The monoisotopic (exact) mass is 338 g/mol. The first-order chi connectivity index (χ1) is 12.1. The Morgan fingerprint density at radius 2 is 2.08 bits per heavy atom. The average molecular weight is 338 g/mol. The van der Waals surface area contributed by atoms with Gasteiger partial charge in [-0.2, -0.15) is 0 Å². The van der Waals surface area contributed by atoms with Crippen molar-refractivity contribution in [3.63, 3.8) is 0 Å². The summed E-state index contributed by atoms with van der Waals surface area (Å²) in [5.74, 6) is 1.00. The van der Waals surface area contributed by atoms with Gasteiger partial charge in [-0.1, -0.05) is 30.3 Å². The number of piperidine rings is 1. The summed E-state index contributed by atoms with van der Waals surface area (Å²) in [4.78, 5) is 23.9.